The van der Waals surface area contributed by atoms with E-state index >= 15 is 0 Å². The molecule has 2 heteroatoms. The van der Waals surface area contributed by atoms with Crippen LogP contribution in [0.5, 0.6) is 0 Å². The SMILES string of the molecule is CC(NCC(CO)C(C)C)c1ccccc1. The molecule has 0 spiro atoms. The van der Waals surface area contributed by atoms with E-state index in [0.29, 0.717) is 17.9 Å². The Bertz CT molecular complexity index is 284. The van der Waals surface area contributed by atoms with Crippen LogP contribution >= 0.6 is 0 Å². The molecule has 0 heterocycles. The number of hydrogen-bond acceptors (Lipinski definition) is 2. The second kappa shape index (κ2) is 6.66. The summed E-state index contributed by atoms with van der Waals surface area (Å²) < 4.78 is 0. The van der Waals surface area contributed by atoms with Gasteiger partial charge in [-0.15, -0.1) is 0 Å². The van der Waals surface area contributed by atoms with Crippen LogP contribution in [0.4, 0.5) is 0 Å². The zero-order valence-electron chi connectivity index (χ0n) is 10.5. The number of nitrogens with one attached hydrogen (secondary N) is 1. The van der Waals surface area contributed by atoms with Gasteiger partial charge in [-0.3, -0.25) is 0 Å². The van der Waals surface area contributed by atoms with Gasteiger partial charge in [-0.25, -0.2) is 0 Å². The van der Waals surface area contributed by atoms with Crippen molar-refractivity contribution in [2.45, 2.75) is 26.8 Å². The van der Waals surface area contributed by atoms with E-state index in [-0.39, 0.29) is 6.61 Å². The van der Waals surface area contributed by atoms with E-state index in [1.54, 1.807) is 0 Å². The van der Waals surface area contributed by atoms with Gasteiger partial charge < -0.3 is 10.4 Å². The van der Waals surface area contributed by atoms with E-state index in [2.05, 4.69) is 50.4 Å². The Hall–Kier alpha value is -0.860. The standard InChI is InChI=1S/C14H23NO/c1-11(2)14(10-16)9-15-12(3)13-7-5-4-6-8-13/h4-8,11-12,14-16H,9-10H2,1-3H3. The summed E-state index contributed by atoms with van der Waals surface area (Å²) in [5.41, 5.74) is 1.29. The van der Waals surface area contributed by atoms with E-state index in [1.807, 2.05) is 6.07 Å². The molecular formula is C14H23NO. The third-order valence-electron chi connectivity index (χ3n) is 3.16. The monoisotopic (exact) mass is 221 g/mol. The first-order chi connectivity index (χ1) is 7.65. The molecule has 2 atom stereocenters. The average Bonchev–Trinajstić information content (AvgIpc) is 2.30. The van der Waals surface area contributed by atoms with Crippen LogP contribution in [0.2, 0.25) is 0 Å². The minimum atomic E-state index is 0.256. The Morgan fingerprint density at radius 3 is 2.25 bits per heavy atom. The molecule has 16 heavy (non-hydrogen) atoms. The van der Waals surface area contributed by atoms with E-state index in [0.717, 1.165) is 6.54 Å². The van der Waals surface area contributed by atoms with Crippen molar-refractivity contribution in [3.8, 4) is 0 Å². The molecule has 0 radical (unpaired) electrons. The van der Waals surface area contributed by atoms with Crippen molar-refractivity contribution in [3.05, 3.63) is 35.9 Å². The quantitative estimate of drug-likeness (QED) is 0.774. The molecule has 0 aliphatic carbocycles. The van der Waals surface area contributed by atoms with Crippen LogP contribution in [0.15, 0.2) is 30.3 Å². The molecule has 2 N–H and O–H groups in total. The van der Waals surface area contributed by atoms with Gasteiger partial charge in [0.1, 0.15) is 0 Å². The topological polar surface area (TPSA) is 32.3 Å². The lowest BCUT2D eigenvalue weighted by atomic mass is 9.96. The van der Waals surface area contributed by atoms with E-state index < -0.39 is 0 Å². The molecule has 0 fully saturated rings. The molecule has 0 aromatic heterocycles. The molecule has 1 aromatic rings. The predicted molar refractivity (Wildman–Crippen MR) is 68.3 cm³/mol. The summed E-state index contributed by atoms with van der Waals surface area (Å²) in [5.74, 6) is 0.853. The summed E-state index contributed by atoms with van der Waals surface area (Å²) >= 11 is 0. The molecule has 90 valence electrons. The average molecular weight is 221 g/mol. The lowest BCUT2D eigenvalue weighted by Crippen LogP contribution is -2.30. The van der Waals surface area contributed by atoms with Gasteiger partial charge in [0, 0.05) is 19.2 Å². The fourth-order valence-corrected chi connectivity index (χ4v) is 1.70. The van der Waals surface area contributed by atoms with Crippen molar-refractivity contribution in [1.29, 1.82) is 0 Å². The molecule has 2 unspecified atom stereocenters. The van der Waals surface area contributed by atoms with E-state index in [9.17, 15) is 5.11 Å². The van der Waals surface area contributed by atoms with Crippen LogP contribution in [0.25, 0.3) is 0 Å². The second-order valence-corrected chi connectivity index (χ2v) is 4.73. The lowest BCUT2D eigenvalue weighted by Gasteiger charge is -2.22. The summed E-state index contributed by atoms with van der Waals surface area (Å²) in [6, 6.07) is 10.7. The zero-order chi connectivity index (χ0) is 12.0. The molecule has 0 saturated carbocycles. The highest BCUT2D eigenvalue weighted by atomic mass is 16.3. The molecule has 1 rings (SSSR count). The third kappa shape index (κ3) is 3.95. The lowest BCUT2D eigenvalue weighted by molar-refractivity contribution is 0.183. The first-order valence-corrected chi connectivity index (χ1v) is 6.04. The summed E-state index contributed by atoms with van der Waals surface area (Å²) in [4.78, 5) is 0. The van der Waals surface area contributed by atoms with Crippen molar-refractivity contribution in [3.63, 3.8) is 0 Å². The van der Waals surface area contributed by atoms with Crippen LogP contribution in [0.1, 0.15) is 32.4 Å². The Balaban J connectivity index is 2.43. The maximum atomic E-state index is 9.24. The van der Waals surface area contributed by atoms with Gasteiger partial charge in [0.15, 0.2) is 0 Å². The Morgan fingerprint density at radius 1 is 1.12 bits per heavy atom. The van der Waals surface area contributed by atoms with E-state index in [1.165, 1.54) is 5.56 Å². The number of aliphatic hydroxyl groups is 1. The van der Waals surface area contributed by atoms with Gasteiger partial charge in [0.25, 0.3) is 0 Å². The molecule has 0 saturated heterocycles. The van der Waals surface area contributed by atoms with E-state index in [4.69, 9.17) is 0 Å². The molecule has 0 bridgehead atoms. The van der Waals surface area contributed by atoms with Gasteiger partial charge in [0.2, 0.25) is 0 Å². The highest BCUT2D eigenvalue weighted by Gasteiger charge is 2.13. The zero-order valence-corrected chi connectivity index (χ0v) is 10.5. The molecule has 0 aliphatic heterocycles. The Labute approximate surface area is 98.7 Å². The minimum Gasteiger partial charge on any atom is -0.396 e. The van der Waals surface area contributed by atoms with Crippen molar-refractivity contribution in [2.24, 2.45) is 11.8 Å². The maximum absolute atomic E-state index is 9.24. The summed E-state index contributed by atoms with van der Waals surface area (Å²) in [6.07, 6.45) is 0. The first kappa shape index (κ1) is 13.2. The number of hydrogen-bond donors (Lipinski definition) is 2. The molecule has 2 nitrogen and oxygen atoms in total. The van der Waals surface area contributed by atoms with Crippen molar-refractivity contribution in [2.75, 3.05) is 13.2 Å². The fraction of sp³-hybridized carbons (Fsp3) is 0.571. The largest absolute Gasteiger partial charge is 0.396 e. The van der Waals surface area contributed by atoms with Crippen molar-refractivity contribution >= 4 is 0 Å². The van der Waals surface area contributed by atoms with Gasteiger partial charge in [-0.05, 0) is 24.3 Å². The summed E-state index contributed by atoms with van der Waals surface area (Å²) in [7, 11) is 0. The van der Waals surface area contributed by atoms with Crippen LogP contribution < -0.4 is 5.32 Å². The molecule has 0 aliphatic rings. The maximum Gasteiger partial charge on any atom is 0.0473 e. The second-order valence-electron chi connectivity index (χ2n) is 4.73. The predicted octanol–water partition coefficient (Wildman–Crippen LogP) is 2.60. The van der Waals surface area contributed by atoms with Crippen LogP contribution in [-0.2, 0) is 0 Å². The van der Waals surface area contributed by atoms with Crippen molar-refractivity contribution < 1.29 is 5.11 Å². The number of aliphatic hydroxyl groups excluding tert-OH is 1. The first-order valence-electron chi connectivity index (χ1n) is 6.04. The number of benzene rings is 1. The third-order valence-corrected chi connectivity index (χ3v) is 3.16. The highest BCUT2D eigenvalue weighted by molar-refractivity contribution is 5.17. The van der Waals surface area contributed by atoms with Gasteiger partial charge >= 0.3 is 0 Å². The Morgan fingerprint density at radius 2 is 1.75 bits per heavy atom. The van der Waals surface area contributed by atoms with Gasteiger partial charge in [0.05, 0.1) is 0 Å². The van der Waals surface area contributed by atoms with Crippen LogP contribution in [-0.4, -0.2) is 18.3 Å². The summed E-state index contributed by atoms with van der Waals surface area (Å²) in [5, 5.41) is 12.7. The fourth-order valence-electron chi connectivity index (χ4n) is 1.70. The summed E-state index contributed by atoms with van der Waals surface area (Å²) in [6.45, 7) is 7.58. The number of rotatable bonds is 6. The minimum absolute atomic E-state index is 0.256. The highest BCUT2D eigenvalue weighted by Crippen LogP contribution is 2.14. The smallest absolute Gasteiger partial charge is 0.0473 e. The van der Waals surface area contributed by atoms with Gasteiger partial charge in [-0.2, -0.15) is 0 Å². The van der Waals surface area contributed by atoms with Crippen molar-refractivity contribution in [1.82, 2.24) is 5.32 Å². The normalized spacial score (nSPS) is 15.1. The molecular weight excluding hydrogens is 198 g/mol. The van der Waals surface area contributed by atoms with Crippen LogP contribution in [0.3, 0.4) is 0 Å². The molecule has 0 amide bonds. The molecule has 1 aromatic carbocycles. The van der Waals surface area contributed by atoms with Gasteiger partial charge in [-0.1, -0.05) is 44.2 Å². The Kier molecular flexibility index (Phi) is 5.50. The van der Waals surface area contributed by atoms with Crippen LogP contribution in [0, 0.1) is 11.8 Å².